The van der Waals surface area contributed by atoms with E-state index in [4.69, 9.17) is 11.6 Å². The fraction of sp³-hybridized carbons (Fsp3) is 0.0556. The van der Waals surface area contributed by atoms with Crippen molar-refractivity contribution in [2.45, 2.75) is 6.92 Å². The summed E-state index contributed by atoms with van der Waals surface area (Å²) in [5.41, 5.74) is 6.90. The average Bonchev–Trinajstić information content (AvgIpc) is 3.08. The zero-order valence-electron chi connectivity index (χ0n) is 12.8. The molecule has 1 N–H and O–H groups in total. The maximum Gasteiger partial charge on any atom is 0.196 e. The number of anilines is 1. The van der Waals surface area contributed by atoms with E-state index in [1.807, 2.05) is 36.6 Å². The molecule has 1 aromatic heterocycles. The second-order valence-corrected chi connectivity index (χ2v) is 6.39. The van der Waals surface area contributed by atoms with Gasteiger partial charge in [-0.2, -0.15) is 10.4 Å². The predicted molar refractivity (Wildman–Crippen MR) is 99.5 cm³/mol. The van der Waals surface area contributed by atoms with E-state index in [1.165, 1.54) is 16.9 Å². The molecule has 0 bridgehead atoms. The van der Waals surface area contributed by atoms with Gasteiger partial charge in [0.05, 0.1) is 11.4 Å². The lowest BCUT2D eigenvalue weighted by Crippen LogP contribution is -2.01. The quantitative estimate of drug-likeness (QED) is 0.524. The van der Waals surface area contributed by atoms with E-state index in [9.17, 15) is 5.26 Å². The van der Waals surface area contributed by atoms with Crippen molar-refractivity contribution in [3.05, 3.63) is 69.5 Å². The molecule has 0 radical (unpaired) electrons. The van der Waals surface area contributed by atoms with Gasteiger partial charge in [0.15, 0.2) is 10.7 Å². The molecule has 0 aliphatic carbocycles. The molecule has 2 aromatic carbocycles. The van der Waals surface area contributed by atoms with E-state index in [-0.39, 0.29) is 5.71 Å². The smallest absolute Gasteiger partial charge is 0.196 e. The Morgan fingerprint density at radius 2 is 1.88 bits per heavy atom. The number of hydrazone groups is 1. The van der Waals surface area contributed by atoms with Gasteiger partial charge >= 0.3 is 0 Å². The first-order valence-corrected chi connectivity index (χ1v) is 8.44. The highest BCUT2D eigenvalue weighted by Crippen LogP contribution is 2.23. The maximum absolute atomic E-state index is 9.34. The van der Waals surface area contributed by atoms with E-state index in [2.05, 4.69) is 21.6 Å². The van der Waals surface area contributed by atoms with Gasteiger partial charge in [0.1, 0.15) is 6.07 Å². The minimum atomic E-state index is 0.244. The Balaban J connectivity index is 1.81. The van der Waals surface area contributed by atoms with Crippen LogP contribution in [0.25, 0.3) is 11.3 Å². The molecule has 0 atom stereocenters. The fourth-order valence-corrected chi connectivity index (χ4v) is 2.90. The number of benzene rings is 2. The Hall–Kier alpha value is -2.68. The largest absolute Gasteiger partial charge is 0.277 e. The van der Waals surface area contributed by atoms with Crippen molar-refractivity contribution >= 4 is 34.3 Å². The average molecular weight is 353 g/mol. The molecule has 0 saturated carbocycles. The van der Waals surface area contributed by atoms with Crippen LogP contribution in [0.2, 0.25) is 5.02 Å². The third-order valence-corrected chi connectivity index (χ3v) is 4.40. The molecule has 24 heavy (non-hydrogen) atoms. The number of hydrogen-bond donors (Lipinski definition) is 1. The van der Waals surface area contributed by atoms with Crippen LogP contribution in [-0.4, -0.2) is 10.7 Å². The Morgan fingerprint density at radius 1 is 1.17 bits per heavy atom. The second kappa shape index (κ2) is 7.26. The number of thiazole rings is 1. The lowest BCUT2D eigenvalue weighted by Gasteiger charge is -2.00. The van der Waals surface area contributed by atoms with Crippen molar-refractivity contribution in [3.8, 4) is 17.3 Å². The van der Waals surface area contributed by atoms with Gasteiger partial charge in [0.2, 0.25) is 0 Å². The monoisotopic (exact) mass is 352 g/mol. The summed E-state index contributed by atoms with van der Waals surface area (Å²) < 4.78 is 0. The summed E-state index contributed by atoms with van der Waals surface area (Å²) in [6.45, 7) is 2.04. The highest BCUT2D eigenvalue weighted by atomic mass is 35.5. The normalized spacial score (nSPS) is 11.1. The summed E-state index contributed by atoms with van der Waals surface area (Å²) in [4.78, 5) is 4.51. The molecule has 6 heteroatoms. The molecule has 4 nitrogen and oxygen atoms in total. The molecular weight excluding hydrogens is 340 g/mol. The van der Waals surface area contributed by atoms with Crippen LogP contribution in [0.4, 0.5) is 5.69 Å². The van der Waals surface area contributed by atoms with Gasteiger partial charge in [-0.1, -0.05) is 41.4 Å². The molecule has 1 heterocycles. The molecule has 0 amide bonds. The van der Waals surface area contributed by atoms with Crippen LogP contribution < -0.4 is 5.43 Å². The van der Waals surface area contributed by atoms with Gasteiger partial charge in [0, 0.05) is 16.0 Å². The highest BCUT2D eigenvalue weighted by molar-refractivity contribution is 7.12. The lowest BCUT2D eigenvalue weighted by atomic mass is 10.1. The lowest BCUT2D eigenvalue weighted by molar-refractivity contribution is 1.31. The zero-order chi connectivity index (χ0) is 16.9. The first-order chi connectivity index (χ1) is 11.7. The summed E-state index contributed by atoms with van der Waals surface area (Å²) >= 11 is 7.24. The second-order valence-electron chi connectivity index (χ2n) is 5.09. The molecule has 118 valence electrons. The maximum atomic E-state index is 9.34. The van der Waals surface area contributed by atoms with Crippen LogP contribution in [0.15, 0.2) is 59.0 Å². The number of rotatable bonds is 4. The number of aromatic nitrogens is 1. The molecule has 0 unspecified atom stereocenters. The standard InChI is InChI=1S/C18H13ClN4S/c1-12-2-4-13(5-3-12)17-11-24-18(21-17)16(10-20)23-22-15-8-6-14(19)7-9-15/h2-9,11,22H,1H3/b23-16+. The SMILES string of the molecule is Cc1ccc(-c2csc(/C(C#N)=N/Nc3ccc(Cl)cc3)n2)cc1. The molecule has 3 aromatic rings. The van der Waals surface area contributed by atoms with E-state index >= 15 is 0 Å². The van der Waals surface area contributed by atoms with Crippen molar-refractivity contribution in [2.24, 2.45) is 5.10 Å². The highest BCUT2D eigenvalue weighted by Gasteiger charge is 2.10. The molecule has 3 rings (SSSR count). The Labute approximate surface area is 149 Å². The molecule has 0 aliphatic rings. The molecule has 0 aliphatic heterocycles. The summed E-state index contributed by atoms with van der Waals surface area (Å²) in [6, 6.07) is 17.3. The minimum absolute atomic E-state index is 0.244. The van der Waals surface area contributed by atoms with Gasteiger partial charge in [-0.3, -0.25) is 5.43 Å². The van der Waals surface area contributed by atoms with Crippen LogP contribution in [0, 0.1) is 18.3 Å². The van der Waals surface area contributed by atoms with Crippen LogP contribution in [-0.2, 0) is 0 Å². The number of hydrogen-bond acceptors (Lipinski definition) is 5. The number of halogens is 1. The number of nitrogens with zero attached hydrogens (tertiary/aromatic N) is 3. The van der Waals surface area contributed by atoms with E-state index < -0.39 is 0 Å². The summed E-state index contributed by atoms with van der Waals surface area (Å²) in [7, 11) is 0. The Bertz CT molecular complexity index is 905. The Kier molecular flexibility index (Phi) is 4.90. The topological polar surface area (TPSA) is 61.1 Å². The summed E-state index contributed by atoms with van der Waals surface area (Å²) in [5, 5.41) is 16.6. The Morgan fingerprint density at radius 3 is 2.54 bits per heavy atom. The van der Waals surface area contributed by atoms with Crippen molar-refractivity contribution < 1.29 is 0 Å². The van der Waals surface area contributed by atoms with E-state index in [0.29, 0.717) is 10.0 Å². The third-order valence-electron chi connectivity index (χ3n) is 3.30. The molecule has 0 spiro atoms. The summed E-state index contributed by atoms with van der Waals surface area (Å²) in [5.74, 6) is 0. The van der Waals surface area contributed by atoms with Gasteiger partial charge in [-0.15, -0.1) is 11.3 Å². The third kappa shape index (κ3) is 3.80. The molecular formula is C18H13ClN4S. The van der Waals surface area contributed by atoms with Gasteiger partial charge in [-0.25, -0.2) is 4.98 Å². The van der Waals surface area contributed by atoms with Crippen LogP contribution in [0.3, 0.4) is 0 Å². The van der Waals surface area contributed by atoms with E-state index in [0.717, 1.165) is 16.9 Å². The van der Waals surface area contributed by atoms with Crippen LogP contribution >= 0.6 is 22.9 Å². The van der Waals surface area contributed by atoms with Gasteiger partial charge in [-0.05, 0) is 31.2 Å². The van der Waals surface area contributed by atoms with Gasteiger partial charge < -0.3 is 0 Å². The number of nitriles is 1. The van der Waals surface area contributed by atoms with Crippen molar-refractivity contribution in [1.82, 2.24) is 4.98 Å². The summed E-state index contributed by atoms with van der Waals surface area (Å²) in [6.07, 6.45) is 0. The van der Waals surface area contributed by atoms with Gasteiger partial charge in [0.25, 0.3) is 0 Å². The fourth-order valence-electron chi connectivity index (χ4n) is 2.00. The zero-order valence-corrected chi connectivity index (χ0v) is 14.4. The van der Waals surface area contributed by atoms with Crippen molar-refractivity contribution in [2.75, 3.05) is 5.43 Å². The van der Waals surface area contributed by atoms with Crippen molar-refractivity contribution in [3.63, 3.8) is 0 Å². The minimum Gasteiger partial charge on any atom is -0.277 e. The first kappa shape index (κ1) is 16.2. The first-order valence-electron chi connectivity index (χ1n) is 7.18. The molecule has 0 saturated heterocycles. The molecule has 0 fully saturated rings. The van der Waals surface area contributed by atoms with Crippen molar-refractivity contribution in [1.29, 1.82) is 5.26 Å². The predicted octanol–water partition coefficient (Wildman–Crippen LogP) is 5.11. The number of aryl methyl sites for hydroxylation is 1. The van der Waals surface area contributed by atoms with Crippen LogP contribution in [0.5, 0.6) is 0 Å². The van der Waals surface area contributed by atoms with E-state index in [1.54, 1.807) is 24.3 Å². The van der Waals surface area contributed by atoms with Crippen LogP contribution in [0.1, 0.15) is 10.6 Å². The number of nitrogens with one attached hydrogen (secondary N) is 1.